The van der Waals surface area contributed by atoms with Gasteiger partial charge in [-0.05, 0) is 93.0 Å². The summed E-state index contributed by atoms with van der Waals surface area (Å²) in [5.41, 5.74) is 2.81. The van der Waals surface area contributed by atoms with Crippen molar-refractivity contribution in [2.45, 2.75) is 13.8 Å². The largest absolute Gasteiger partial charge is 0.144 e. The predicted octanol–water partition coefficient (Wildman–Crippen LogP) is 7.04. The molecule has 0 aliphatic rings. The van der Waals surface area contributed by atoms with Gasteiger partial charge in [-0.1, -0.05) is 6.07 Å². The second kappa shape index (κ2) is 4.31. The van der Waals surface area contributed by atoms with E-state index in [4.69, 9.17) is 0 Å². The Hall–Kier alpha value is -1.90. The number of benzene rings is 3. The van der Waals surface area contributed by atoms with Gasteiger partial charge < -0.3 is 0 Å². The van der Waals surface area contributed by atoms with Crippen LogP contribution in [0.1, 0.15) is 11.1 Å². The molecule has 106 valence electrons. The third-order valence-electron chi connectivity index (χ3n) is 4.81. The van der Waals surface area contributed by atoms with E-state index in [1.165, 1.54) is 52.8 Å². The molecule has 3 aromatic carbocycles. The maximum Gasteiger partial charge on any atom is 0.0349 e. The van der Waals surface area contributed by atoms with Gasteiger partial charge in [-0.2, -0.15) is 0 Å². The molecule has 0 aliphatic heterocycles. The van der Waals surface area contributed by atoms with Crippen LogP contribution < -0.4 is 0 Å². The molecule has 22 heavy (non-hydrogen) atoms. The van der Waals surface area contributed by atoms with Gasteiger partial charge in [-0.15, -0.1) is 22.7 Å². The summed E-state index contributed by atoms with van der Waals surface area (Å²) in [6, 6.07) is 13.8. The van der Waals surface area contributed by atoms with Crippen molar-refractivity contribution in [2.24, 2.45) is 0 Å². The Labute approximate surface area is 136 Å². The molecule has 5 rings (SSSR count). The highest BCUT2D eigenvalue weighted by atomic mass is 32.1. The molecule has 0 amide bonds. The van der Waals surface area contributed by atoms with E-state index in [0.29, 0.717) is 0 Å². The van der Waals surface area contributed by atoms with Crippen LogP contribution in [-0.2, 0) is 0 Å². The smallest absolute Gasteiger partial charge is 0.0349 e. The number of thiophene rings is 2. The van der Waals surface area contributed by atoms with E-state index in [9.17, 15) is 0 Å². The van der Waals surface area contributed by atoms with Crippen molar-refractivity contribution in [3.63, 3.8) is 0 Å². The molecule has 0 bridgehead atoms. The zero-order chi connectivity index (χ0) is 14.8. The summed E-state index contributed by atoms with van der Waals surface area (Å²) in [7, 11) is 0. The van der Waals surface area contributed by atoms with E-state index >= 15 is 0 Å². The van der Waals surface area contributed by atoms with E-state index in [1.807, 2.05) is 22.7 Å². The average Bonchev–Trinajstić information content (AvgIpc) is 3.18. The van der Waals surface area contributed by atoms with E-state index in [-0.39, 0.29) is 0 Å². The lowest BCUT2D eigenvalue weighted by Gasteiger charge is -2.13. The quantitative estimate of drug-likeness (QED) is 0.269. The predicted molar refractivity (Wildman–Crippen MR) is 102 cm³/mol. The molecule has 2 heterocycles. The summed E-state index contributed by atoms with van der Waals surface area (Å²) >= 11 is 3.66. The lowest BCUT2D eigenvalue weighted by atomic mass is 9.91. The summed E-state index contributed by atoms with van der Waals surface area (Å²) in [5.74, 6) is 0. The summed E-state index contributed by atoms with van der Waals surface area (Å²) < 4.78 is 2.76. The highest BCUT2D eigenvalue weighted by molar-refractivity contribution is 7.17. The standard InChI is InChI=1S/C20H14S2/c1-11-14-3-4-18-15(6-8-21-18)20(14)12(2)16-9-13-5-7-22-19(13)10-17(11)16/h3-10H,1-2H3. The maximum atomic E-state index is 2.37. The van der Waals surface area contributed by atoms with Crippen LogP contribution in [0.2, 0.25) is 0 Å². The lowest BCUT2D eigenvalue weighted by Crippen LogP contribution is -1.88. The van der Waals surface area contributed by atoms with Gasteiger partial charge in [0.25, 0.3) is 0 Å². The van der Waals surface area contributed by atoms with Gasteiger partial charge in [-0.3, -0.25) is 0 Å². The van der Waals surface area contributed by atoms with Crippen molar-refractivity contribution < 1.29 is 0 Å². The molecule has 0 nitrogen and oxygen atoms in total. The van der Waals surface area contributed by atoms with Crippen LogP contribution in [-0.4, -0.2) is 0 Å². The third-order valence-corrected chi connectivity index (χ3v) is 6.58. The van der Waals surface area contributed by atoms with E-state index < -0.39 is 0 Å². The SMILES string of the molecule is Cc1c2cc3sccc3cc2c(C)c2c1ccc1sccc12. The highest BCUT2D eigenvalue weighted by Gasteiger charge is 2.13. The monoisotopic (exact) mass is 318 g/mol. The van der Waals surface area contributed by atoms with Crippen LogP contribution in [0.15, 0.2) is 47.2 Å². The number of aryl methyl sites for hydroxylation is 2. The van der Waals surface area contributed by atoms with Gasteiger partial charge in [0.2, 0.25) is 0 Å². The zero-order valence-corrected chi connectivity index (χ0v) is 14.1. The Morgan fingerprint density at radius 3 is 2.32 bits per heavy atom. The normalized spacial score (nSPS) is 12.1. The van der Waals surface area contributed by atoms with Gasteiger partial charge in [0.1, 0.15) is 0 Å². The minimum absolute atomic E-state index is 1.36. The Kier molecular flexibility index (Phi) is 2.47. The molecule has 0 unspecified atom stereocenters. The Bertz CT molecular complexity index is 1180. The van der Waals surface area contributed by atoms with Crippen molar-refractivity contribution in [1.82, 2.24) is 0 Å². The van der Waals surface area contributed by atoms with E-state index in [0.717, 1.165) is 0 Å². The molecule has 0 N–H and O–H groups in total. The van der Waals surface area contributed by atoms with Crippen LogP contribution in [0.5, 0.6) is 0 Å². The fourth-order valence-corrected chi connectivity index (χ4v) is 5.27. The van der Waals surface area contributed by atoms with Gasteiger partial charge >= 0.3 is 0 Å². The first kappa shape index (κ1) is 12.6. The van der Waals surface area contributed by atoms with Gasteiger partial charge in [0.05, 0.1) is 0 Å². The van der Waals surface area contributed by atoms with Crippen molar-refractivity contribution in [3.8, 4) is 0 Å². The summed E-state index contributed by atoms with van der Waals surface area (Å²) in [6.07, 6.45) is 0. The molecule has 0 atom stereocenters. The van der Waals surface area contributed by atoms with Crippen molar-refractivity contribution in [3.05, 3.63) is 58.3 Å². The number of fused-ring (bicyclic) bond motifs is 5. The van der Waals surface area contributed by atoms with Crippen LogP contribution >= 0.6 is 22.7 Å². The molecule has 0 spiro atoms. The van der Waals surface area contributed by atoms with Crippen molar-refractivity contribution in [2.75, 3.05) is 0 Å². The molecule has 0 saturated carbocycles. The van der Waals surface area contributed by atoms with Gasteiger partial charge in [0, 0.05) is 14.8 Å². The third kappa shape index (κ3) is 1.52. The second-order valence-electron chi connectivity index (χ2n) is 5.93. The molecule has 5 aromatic rings. The fourth-order valence-electron chi connectivity index (χ4n) is 3.67. The van der Waals surface area contributed by atoms with Gasteiger partial charge in [-0.25, -0.2) is 0 Å². The molecule has 0 saturated heterocycles. The first-order valence-corrected chi connectivity index (χ1v) is 9.20. The van der Waals surface area contributed by atoms with Crippen molar-refractivity contribution in [1.29, 1.82) is 0 Å². The molecule has 0 aliphatic carbocycles. The average molecular weight is 318 g/mol. The minimum atomic E-state index is 1.36. The molecular formula is C20H14S2. The Balaban J connectivity index is 2.13. The topological polar surface area (TPSA) is 0 Å². The molecule has 2 aromatic heterocycles. The summed E-state index contributed by atoms with van der Waals surface area (Å²) in [6.45, 7) is 4.54. The lowest BCUT2D eigenvalue weighted by molar-refractivity contribution is 1.55. The summed E-state index contributed by atoms with van der Waals surface area (Å²) in [4.78, 5) is 0. The van der Waals surface area contributed by atoms with Crippen molar-refractivity contribution >= 4 is 64.4 Å². The number of hydrogen-bond donors (Lipinski definition) is 0. The van der Waals surface area contributed by atoms with Crippen LogP contribution in [0.3, 0.4) is 0 Å². The first-order valence-electron chi connectivity index (χ1n) is 7.44. The highest BCUT2D eigenvalue weighted by Crippen LogP contribution is 2.39. The first-order chi connectivity index (χ1) is 10.7. The van der Waals surface area contributed by atoms with Crippen LogP contribution in [0, 0.1) is 13.8 Å². The summed E-state index contributed by atoms with van der Waals surface area (Å²) in [5, 5.41) is 12.8. The van der Waals surface area contributed by atoms with Crippen LogP contribution in [0.4, 0.5) is 0 Å². The fraction of sp³-hybridized carbons (Fsp3) is 0.100. The van der Waals surface area contributed by atoms with E-state index in [1.54, 1.807) is 0 Å². The Morgan fingerprint density at radius 2 is 1.41 bits per heavy atom. The minimum Gasteiger partial charge on any atom is -0.144 e. The van der Waals surface area contributed by atoms with E-state index in [2.05, 4.69) is 61.0 Å². The van der Waals surface area contributed by atoms with Gasteiger partial charge in [0.15, 0.2) is 0 Å². The molecule has 0 fully saturated rings. The molecule has 2 heteroatoms. The Morgan fingerprint density at radius 1 is 0.636 bits per heavy atom. The number of hydrogen-bond acceptors (Lipinski definition) is 2. The number of rotatable bonds is 0. The second-order valence-corrected chi connectivity index (χ2v) is 7.82. The molecular weight excluding hydrogens is 304 g/mol. The zero-order valence-electron chi connectivity index (χ0n) is 12.4. The molecule has 0 radical (unpaired) electrons. The van der Waals surface area contributed by atoms with Crippen LogP contribution in [0.25, 0.3) is 41.7 Å². The maximum absolute atomic E-state index is 2.37.